The fraction of sp³-hybridized carbons (Fsp3) is 0.273. The normalized spacial score (nSPS) is 10.7. The number of fused-ring (bicyclic) bond motifs is 1. The zero-order valence-corrected chi connectivity index (χ0v) is 8.49. The highest BCUT2D eigenvalue weighted by atomic mass is 16.5. The average molecular weight is 204 g/mol. The van der Waals surface area contributed by atoms with Gasteiger partial charge in [0.1, 0.15) is 12.4 Å². The van der Waals surface area contributed by atoms with Crippen molar-refractivity contribution in [2.45, 2.75) is 13.5 Å². The van der Waals surface area contributed by atoms with E-state index in [1.807, 2.05) is 25.1 Å². The summed E-state index contributed by atoms with van der Waals surface area (Å²) >= 11 is 0. The molecule has 4 heteroatoms. The summed E-state index contributed by atoms with van der Waals surface area (Å²) in [6.07, 6.45) is 0. The summed E-state index contributed by atoms with van der Waals surface area (Å²) in [6, 6.07) is 7.26. The topological polar surface area (TPSA) is 55.0 Å². The molecule has 0 aliphatic rings. The summed E-state index contributed by atoms with van der Waals surface area (Å²) in [5.41, 5.74) is 0.589. The molecule has 2 aromatic rings. The molecule has 0 bridgehead atoms. The van der Waals surface area contributed by atoms with Gasteiger partial charge in [0.25, 0.3) is 5.56 Å². The number of aromatic amines is 1. The van der Waals surface area contributed by atoms with Crippen molar-refractivity contribution >= 4 is 10.9 Å². The third-order valence-electron chi connectivity index (χ3n) is 2.10. The zero-order chi connectivity index (χ0) is 10.7. The summed E-state index contributed by atoms with van der Waals surface area (Å²) in [4.78, 5) is 18.6. The smallest absolute Gasteiger partial charge is 0.258 e. The number of nitrogens with zero attached hydrogens (tertiary/aromatic N) is 1. The van der Waals surface area contributed by atoms with Crippen LogP contribution < -0.4 is 5.56 Å². The van der Waals surface area contributed by atoms with E-state index in [4.69, 9.17) is 4.74 Å². The van der Waals surface area contributed by atoms with Crippen molar-refractivity contribution in [3.05, 3.63) is 40.4 Å². The second kappa shape index (κ2) is 4.23. The quantitative estimate of drug-likeness (QED) is 0.823. The molecule has 0 atom stereocenters. The third-order valence-corrected chi connectivity index (χ3v) is 2.10. The van der Waals surface area contributed by atoms with Crippen molar-refractivity contribution < 1.29 is 4.74 Å². The maximum atomic E-state index is 11.6. The van der Waals surface area contributed by atoms with Crippen molar-refractivity contribution in [2.75, 3.05) is 6.61 Å². The largest absolute Gasteiger partial charge is 0.374 e. The Kier molecular flexibility index (Phi) is 2.78. The van der Waals surface area contributed by atoms with Gasteiger partial charge in [-0.3, -0.25) is 4.79 Å². The first-order valence-electron chi connectivity index (χ1n) is 4.87. The van der Waals surface area contributed by atoms with Crippen molar-refractivity contribution in [1.29, 1.82) is 0 Å². The highest BCUT2D eigenvalue weighted by Crippen LogP contribution is 2.05. The van der Waals surface area contributed by atoms with E-state index in [-0.39, 0.29) is 5.56 Å². The maximum absolute atomic E-state index is 11.6. The van der Waals surface area contributed by atoms with Crippen LogP contribution in [0, 0.1) is 0 Å². The lowest BCUT2D eigenvalue weighted by atomic mass is 10.2. The van der Waals surface area contributed by atoms with Crippen LogP contribution in [0.5, 0.6) is 0 Å². The number of nitrogens with one attached hydrogen (secondary N) is 1. The first-order valence-corrected chi connectivity index (χ1v) is 4.87. The van der Waals surface area contributed by atoms with Crippen LogP contribution in [0.4, 0.5) is 0 Å². The average Bonchev–Trinajstić information content (AvgIpc) is 2.26. The summed E-state index contributed by atoms with van der Waals surface area (Å²) in [5.74, 6) is 0.570. The van der Waals surface area contributed by atoms with Gasteiger partial charge in [-0.1, -0.05) is 12.1 Å². The van der Waals surface area contributed by atoms with Gasteiger partial charge < -0.3 is 9.72 Å². The minimum atomic E-state index is -0.115. The molecule has 1 heterocycles. The standard InChI is InChI=1S/C11H12N2O2/c1-2-15-7-10-12-9-6-4-3-5-8(9)11(14)13-10/h3-6H,2,7H2,1H3,(H,12,13,14). The second-order valence-corrected chi connectivity index (χ2v) is 3.17. The first kappa shape index (κ1) is 9.86. The molecule has 1 aromatic heterocycles. The summed E-state index contributed by atoms with van der Waals surface area (Å²) < 4.78 is 5.19. The fourth-order valence-electron chi connectivity index (χ4n) is 1.40. The number of benzene rings is 1. The molecule has 1 N–H and O–H groups in total. The second-order valence-electron chi connectivity index (χ2n) is 3.17. The molecule has 0 radical (unpaired) electrons. The van der Waals surface area contributed by atoms with Crippen LogP contribution in [0.25, 0.3) is 10.9 Å². The van der Waals surface area contributed by atoms with Crippen LogP contribution >= 0.6 is 0 Å². The van der Waals surface area contributed by atoms with Crippen molar-refractivity contribution in [3.63, 3.8) is 0 Å². The molecule has 0 unspecified atom stereocenters. The summed E-state index contributed by atoms with van der Waals surface area (Å²) in [7, 11) is 0. The molecule has 0 aliphatic heterocycles. The van der Waals surface area contributed by atoms with Crippen LogP contribution in [0.3, 0.4) is 0 Å². The van der Waals surface area contributed by atoms with Gasteiger partial charge in [-0.2, -0.15) is 0 Å². The van der Waals surface area contributed by atoms with E-state index in [0.29, 0.717) is 29.9 Å². The van der Waals surface area contributed by atoms with Gasteiger partial charge in [0.15, 0.2) is 0 Å². The first-order chi connectivity index (χ1) is 7.31. The van der Waals surface area contributed by atoms with E-state index in [1.165, 1.54) is 0 Å². The van der Waals surface area contributed by atoms with Crippen LogP contribution in [0.15, 0.2) is 29.1 Å². The Morgan fingerprint density at radius 1 is 1.40 bits per heavy atom. The van der Waals surface area contributed by atoms with E-state index in [1.54, 1.807) is 6.07 Å². The number of ether oxygens (including phenoxy) is 1. The molecule has 0 saturated carbocycles. The minimum absolute atomic E-state index is 0.115. The van der Waals surface area contributed by atoms with Crippen LogP contribution in [0.1, 0.15) is 12.7 Å². The van der Waals surface area contributed by atoms with Crippen molar-refractivity contribution in [2.24, 2.45) is 0 Å². The minimum Gasteiger partial charge on any atom is -0.374 e. The number of para-hydroxylation sites is 1. The third kappa shape index (κ3) is 2.05. The van der Waals surface area contributed by atoms with Crippen molar-refractivity contribution in [3.8, 4) is 0 Å². The molecule has 0 amide bonds. The Bertz CT molecular complexity index is 519. The summed E-state index contributed by atoms with van der Waals surface area (Å²) in [5, 5.41) is 0.609. The van der Waals surface area contributed by atoms with Gasteiger partial charge in [0.05, 0.1) is 10.9 Å². The van der Waals surface area contributed by atoms with Gasteiger partial charge >= 0.3 is 0 Å². The molecular weight excluding hydrogens is 192 g/mol. The molecule has 0 saturated heterocycles. The molecule has 4 nitrogen and oxygen atoms in total. The lowest BCUT2D eigenvalue weighted by Crippen LogP contribution is -2.12. The number of rotatable bonds is 3. The van der Waals surface area contributed by atoms with Gasteiger partial charge in [0, 0.05) is 6.61 Å². The van der Waals surface area contributed by atoms with Gasteiger partial charge in [-0.25, -0.2) is 4.98 Å². The monoisotopic (exact) mass is 204 g/mol. The highest BCUT2D eigenvalue weighted by molar-refractivity contribution is 5.77. The van der Waals surface area contributed by atoms with E-state index < -0.39 is 0 Å². The van der Waals surface area contributed by atoms with E-state index in [2.05, 4.69) is 9.97 Å². The molecule has 78 valence electrons. The van der Waals surface area contributed by atoms with Crippen molar-refractivity contribution in [1.82, 2.24) is 9.97 Å². The Labute approximate surface area is 86.9 Å². The predicted molar refractivity (Wildman–Crippen MR) is 57.7 cm³/mol. The van der Waals surface area contributed by atoms with Gasteiger partial charge in [-0.05, 0) is 19.1 Å². The molecule has 0 fully saturated rings. The lowest BCUT2D eigenvalue weighted by molar-refractivity contribution is 0.128. The molecule has 2 rings (SSSR count). The molecular formula is C11H12N2O2. The van der Waals surface area contributed by atoms with Gasteiger partial charge in [-0.15, -0.1) is 0 Å². The Morgan fingerprint density at radius 3 is 3.00 bits per heavy atom. The molecule has 1 aromatic carbocycles. The lowest BCUT2D eigenvalue weighted by Gasteiger charge is -2.02. The maximum Gasteiger partial charge on any atom is 0.258 e. The Hall–Kier alpha value is -1.68. The number of hydrogen-bond donors (Lipinski definition) is 1. The van der Waals surface area contributed by atoms with E-state index in [0.717, 1.165) is 0 Å². The van der Waals surface area contributed by atoms with E-state index in [9.17, 15) is 4.79 Å². The number of aromatic nitrogens is 2. The molecule has 15 heavy (non-hydrogen) atoms. The molecule has 0 spiro atoms. The number of hydrogen-bond acceptors (Lipinski definition) is 3. The predicted octanol–water partition coefficient (Wildman–Crippen LogP) is 1.46. The summed E-state index contributed by atoms with van der Waals surface area (Å²) in [6.45, 7) is 2.85. The molecule has 0 aliphatic carbocycles. The van der Waals surface area contributed by atoms with Gasteiger partial charge in [0.2, 0.25) is 0 Å². The van der Waals surface area contributed by atoms with Crippen LogP contribution in [-0.2, 0) is 11.3 Å². The number of H-pyrrole nitrogens is 1. The highest BCUT2D eigenvalue weighted by Gasteiger charge is 2.02. The Balaban J connectivity index is 2.48. The zero-order valence-electron chi connectivity index (χ0n) is 8.49. The Morgan fingerprint density at radius 2 is 2.20 bits per heavy atom. The van der Waals surface area contributed by atoms with Crippen LogP contribution in [0.2, 0.25) is 0 Å². The van der Waals surface area contributed by atoms with Crippen LogP contribution in [-0.4, -0.2) is 16.6 Å². The SMILES string of the molecule is CCOCc1nc2ccccc2c(=O)[nH]1. The van der Waals surface area contributed by atoms with E-state index >= 15 is 0 Å². The fourth-order valence-corrected chi connectivity index (χ4v) is 1.40.